The van der Waals surface area contributed by atoms with E-state index in [4.69, 9.17) is 5.73 Å². The zero-order chi connectivity index (χ0) is 15.9. The molecule has 0 bridgehead atoms. The van der Waals surface area contributed by atoms with E-state index in [0.717, 1.165) is 12.2 Å². The SMILES string of the molecule is CC(C)CC(C)(CN)NC(=O)C(C)SCc1ccccc1. The highest BCUT2D eigenvalue weighted by Crippen LogP contribution is 2.20. The number of benzene rings is 1. The number of nitrogens with two attached hydrogens (primary N) is 1. The van der Waals surface area contributed by atoms with Gasteiger partial charge in [-0.15, -0.1) is 11.8 Å². The summed E-state index contributed by atoms with van der Waals surface area (Å²) >= 11 is 1.65. The maximum atomic E-state index is 12.3. The molecule has 0 aromatic heterocycles. The first-order valence-electron chi connectivity index (χ1n) is 7.54. The number of carbonyl (C=O) groups is 1. The summed E-state index contributed by atoms with van der Waals surface area (Å²) in [6.07, 6.45) is 0.894. The van der Waals surface area contributed by atoms with E-state index < -0.39 is 0 Å². The summed E-state index contributed by atoms with van der Waals surface area (Å²) in [5, 5.41) is 3.05. The van der Waals surface area contributed by atoms with Crippen molar-refractivity contribution in [2.45, 2.75) is 50.7 Å². The summed E-state index contributed by atoms with van der Waals surface area (Å²) in [5.74, 6) is 1.43. The van der Waals surface area contributed by atoms with Gasteiger partial charge in [0.25, 0.3) is 0 Å². The lowest BCUT2D eigenvalue weighted by Gasteiger charge is -2.32. The predicted molar refractivity (Wildman–Crippen MR) is 92.3 cm³/mol. The van der Waals surface area contributed by atoms with E-state index in [1.807, 2.05) is 32.0 Å². The molecular weight excluding hydrogens is 280 g/mol. The van der Waals surface area contributed by atoms with Gasteiger partial charge in [0.1, 0.15) is 0 Å². The maximum absolute atomic E-state index is 12.3. The molecule has 2 atom stereocenters. The van der Waals surface area contributed by atoms with Crippen LogP contribution < -0.4 is 11.1 Å². The molecule has 118 valence electrons. The third kappa shape index (κ3) is 6.53. The molecule has 1 aromatic rings. The van der Waals surface area contributed by atoms with Gasteiger partial charge in [-0.1, -0.05) is 44.2 Å². The van der Waals surface area contributed by atoms with Crippen molar-refractivity contribution in [2.75, 3.05) is 6.54 Å². The number of nitrogens with one attached hydrogen (secondary N) is 1. The average molecular weight is 308 g/mol. The van der Waals surface area contributed by atoms with E-state index in [9.17, 15) is 4.79 Å². The Labute approximate surface area is 133 Å². The second-order valence-electron chi connectivity index (χ2n) is 6.29. The van der Waals surface area contributed by atoms with Crippen molar-refractivity contribution >= 4 is 17.7 Å². The van der Waals surface area contributed by atoms with Crippen molar-refractivity contribution in [2.24, 2.45) is 11.7 Å². The van der Waals surface area contributed by atoms with E-state index >= 15 is 0 Å². The molecule has 0 fully saturated rings. The molecule has 0 aliphatic heterocycles. The van der Waals surface area contributed by atoms with Crippen molar-refractivity contribution in [3.05, 3.63) is 35.9 Å². The van der Waals surface area contributed by atoms with Gasteiger partial charge >= 0.3 is 0 Å². The topological polar surface area (TPSA) is 55.1 Å². The predicted octanol–water partition coefficient (Wildman–Crippen LogP) is 3.19. The molecular formula is C17H28N2OS. The number of carbonyl (C=O) groups excluding carboxylic acids is 1. The number of hydrogen-bond acceptors (Lipinski definition) is 3. The highest BCUT2D eigenvalue weighted by atomic mass is 32.2. The smallest absolute Gasteiger partial charge is 0.233 e. The standard InChI is InChI=1S/C17H28N2OS/c1-13(2)10-17(4,12-18)19-16(20)14(3)21-11-15-8-6-5-7-9-15/h5-9,13-14H,10-12,18H2,1-4H3,(H,19,20). The van der Waals surface area contributed by atoms with E-state index in [1.54, 1.807) is 11.8 Å². The fourth-order valence-electron chi connectivity index (χ4n) is 2.36. The molecule has 3 N–H and O–H groups in total. The Hall–Kier alpha value is -1.00. The van der Waals surface area contributed by atoms with E-state index in [-0.39, 0.29) is 16.7 Å². The Morgan fingerprint density at radius 1 is 1.29 bits per heavy atom. The molecule has 0 radical (unpaired) electrons. The number of amides is 1. The lowest BCUT2D eigenvalue weighted by molar-refractivity contribution is -0.122. The zero-order valence-corrected chi connectivity index (χ0v) is 14.4. The second-order valence-corrected chi connectivity index (χ2v) is 7.62. The fourth-order valence-corrected chi connectivity index (χ4v) is 3.20. The highest BCUT2D eigenvalue weighted by molar-refractivity contribution is 7.99. The number of thioether (sulfide) groups is 1. The Morgan fingerprint density at radius 2 is 1.90 bits per heavy atom. The molecule has 3 nitrogen and oxygen atoms in total. The van der Waals surface area contributed by atoms with Crippen LogP contribution in [0, 0.1) is 5.92 Å². The van der Waals surface area contributed by atoms with Crippen LogP contribution in [0.1, 0.15) is 39.7 Å². The second kappa shape index (κ2) is 8.44. The first-order valence-corrected chi connectivity index (χ1v) is 8.59. The highest BCUT2D eigenvalue weighted by Gasteiger charge is 2.27. The Bertz CT molecular complexity index is 436. The van der Waals surface area contributed by atoms with Crippen molar-refractivity contribution < 1.29 is 4.79 Å². The van der Waals surface area contributed by atoms with Crippen molar-refractivity contribution in [1.29, 1.82) is 0 Å². The number of hydrogen-bond donors (Lipinski definition) is 2. The summed E-state index contributed by atoms with van der Waals surface area (Å²) in [7, 11) is 0. The quantitative estimate of drug-likeness (QED) is 0.775. The third-order valence-electron chi connectivity index (χ3n) is 3.45. The van der Waals surface area contributed by atoms with Gasteiger partial charge in [0.15, 0.2) is 0 Å². The summed E-state index contributed by atoms with van der Waals surface area (Å²) in [6, 6.07) is 10.2. The van der Waals surface area contributed by atoms with Gasteiger partial charge in [0, 0.05) is 17.8 Å². The summed E-state index contributed by atoms with van der Waals surface area (Å²) in [4.78, 5) is 12.3. The molecule has 2 unspecified atom stereocenters. The first kappa shape index (κ1) is 18.1. The average Bonchev–Trinajstić information content (AvgIpc) is 2.44. The molecule has 0 spiro atoms. The first-order chi connectivity index (χ1) is 9.86. The summed E-state index contributed by atoms with van der Waals surface area (Å²) in [5.41, 5.74) is 6.78. The minimum Gasteiger partial charge on any atom is -0.349 e. The molecule has 0 saturated carbocycles. The van der Waals surface area contributed by atoms with Crippen LogP contribution in [0.4, 0.5) is 0 Å². The minimum atomic E-state index is -0.313. The van der Waals surface area contributed by atoms with Crippen LogP contribution in [0.2, 0.25) is 0 Å². The maximum Gasteiger partial charge on any atom is 0.233 e. The summed E-state index contributed by atoms with van der Waals surface area (Å²) < 4.78 is 0. The molecule has 1 aromatic carbocycles. The monoisotopic (exact) mass is 308 g/mol. The van der Waals surface area contributed by atoms with Gasteiger partial charge in [0.05, 0.1) is 5.25 Å². The lowest BCUT2D eigenvalue weighted by atomic mass is 9.90. The van der Waals surface area contributed by atoms with Crippen LogP contribution >= 0.6 is 11.8 Å². The molecule has 0 heterocycles. The lowest BCUT2D eigenvalue weighted by Crippen LogP contribution is -2.54. The fraction of sp³-hybridized carbons (Fsp3) is 0.588. The zero-order valence-electron chi connectivity index (χ0n) is 13.6. The molecule has 1 rings (SSSR count). The third-order valence-corrected chi connectivity index (χ3v) is 4.66. The van der Waals surface area contributed by atoms with Gasteiger partial charge in [-0.05, 0) is 31.7 Å². The summed E-state index contributed by atoms with van der Waals surface area (Å²) in [6.45, 7) is 8.74. The van der Waals surface area contributed by atoms with Crippen LogP contribution in [-0.2, 0) is 10.5 Å². The Kier molecular flexibility index (Phi) is 7.26. The molecule has 21 heavy (non-hydrogen) atoms. The van der Waals surface area contributed by atoms with Gasteiger partial charge in [-0.25, -0.2) is 0 Å². The van der Waals surface area contributed by atoms with E-state index in [0.29, 0.717) is 12.5 Å². The van der Waals surface area contributed by atoms with Crippen LogP contribution in [-0.4, -0.2) is 23.2 Å². The van der Waals surface area contributed by atoms with Gasteiger partial charge in [-0.3, -0.25) is 4.79 Å². The van der Waals surface area contributed by atoms with Crippen molar-refractivity contribution in [3.63, 3.8) is 0 Å². The van der Waals surface area contributed by atoms with E-state index in [2.05, 4.69) is 31.3 Å². The van der Waals surface area contributed by atoms with Crippen LogP contribution in [0.25, 0.3) is 0 Å². The van der Waals surface area contributed by atoms with E-state index in [1.165, 1.54) is 5.56 Å². The minimum absolute atomic E-state index is 0.0736. The Balaban J connectivity index is 2.50. The van der Waals surface area contributed by atoms with Crippen LogP contribution in [0.15, 0.2) is 30.3 Å². The van der Waals surface area contributed by atoms with Crippen molar-refractivity contribution in [3.8, 4) is 0 Å². The number of rotatable bonds is 8. The molecule has 1 amide bonds. The van der Waals surface area contributed by atoms with Crippen LogP contribution in [0.3, 0.4) is 0 Å². The largest absolute Gasteiger partial charge is 0.349 e. The molecule has 4 heteroatoms. The molecule has 0 aliphatic rings. The van der Waals surface area contributed by atoms with Gasteiger partial charge in [0.2, 0.25) is 5.91 Å². The Morgan fingerprint density at radius 3 is 2.43 bits per heavy atom. The van der Waals surface area contributed by atoms with Gasteiger partial charge in [-0.2, -0.15) is 0 Å². The molecule has 0 saturated heterocycles. The normalized spacial score (nSPS) is 15.5. The molecule has 0 aliphatic carbocycles. The van der Waals surface area contributed by atoms with Gasteiger partial charge < -0.3 is 11.1 Å². The van der Waals surface area contributed by atoms with Crippen molar-refractivity contribution in [1.82, 2.24) is 5.32 Å². The van der Waals surface area contributed by atoms with Crippen LogP contribution in [0.5, 0.6) is 0 Å².